The second-order valence-corrected chi connectivity index (χ2v) is 7.31. The van der Waals surface area contributed by atoms with Gasteiger partial charge in [-0.15, -0.1) is 5.10 Å². The highest BCUT2D eigenvalue weighted by Crippen LogP contribution is 2.27. The number of thiocarbonyl (C=S) groups is 1. The summed E-state index contributed by atoms with van der Waals surface area (Å²) in [7, 11) is 1.79. The number of rotatable bonds is 4. The maximum atomic E-state index is 12.7. The van der Waals surface area contributed by atoms with Gasteiger partial charge in [-0.05, 0) is 29.8 Å². The number of hydrogen-bond acceptors (Lipinski definition) is 6. The van der Waals surface area contributed by atoms with Crippen LogP contribution in [0.15, 0.2) is 48.9 Å². The van der Waals surface area contributed by atoms with E-state index in [0.717, 1.165) is 5.56 Å². The normalized spacial score (nSPS) is 16.0. The SMILES string of the molecule is CN1C(=S)[C@@H](NC(=O)c2ncn(Cc3cccc(Cl)c3)n2)COc2cccnc21. The van der Waals surface area contributed by atoms with Crippen molar-refractivity contribution in [1.29, 1.82) is 0 Å². The third-order valence-corrected chi connectivity index (χ3v) is 5.17. The van der Waals surface area contributed by atoms with Gasteiger partial charge in [0.2, 0.25) is 5.82 Å². The van der Waals surface area contributed by atoms with Crippen LogP contribution in [0.3, 0.4) is 0 Å². The Bertz CT molecular complexity index is 1070. The largest absolute Gasteiger partial charge is 0.487 e. The molecule has 4 rings (SSSR count). The van der Waals surface area contributed by atoms with E-state index in [1.807, 2.05) is 24.3 Å². The summed E-state index contributed by atoms with van der Waals surface area (Å²) in [5.41, 5.74) is 0.958. The molecule has 1 atom stereocenters. The summed E-state index contributed by atoms with van der Waals surface area (Å²) in [5, 5.41) is 7.73. The van der Waals surface area contributed by atoms with Gasteiger partial charge in [0.05, 0.1) is 6.54 Å². The summed E-state index contributed by atoms with van der Waals surface area (Å²) in [6.45, 7) is 0.645. The zero-order valence-electron chi connectivity index (χ0n) is 15.4. The van der Waals surface area contributed by atoms with Crippen LogP contribution in [0.5, 0.6) is 5.75 Å². The van der Waals surface area contributed by atoms with Crippen LogP contribution in [0.4, 0.5) is 5.82 Å². The number of carbonyl (C=O) groups excluding carboxylic acids is 1. The Morgan fingerprint density at radius 1 is 1.34 bits per heavy atom. The smallest absolute Gasteiger partial charge is 0.291 e. The van der Waals surface area contributed by atoms with Gasteiger partial charge in [0.25, 0.3) is 5.91 Å². The summed E-state index contributed by atoms with van der Waals surface area (Å²) in [4.78, 5) is 23.3. The number of anilines is 1. The predicted molar refractivity (Wildman–Crippen MR) is 113 cm³/mol. The van der Waals surface area contributed by atoms with E-state index in [0.29, 0.717) is 28.1 Å². The van der Waals surface area contributed by atoms with E-state index in [-0.39, 0.29) is 12.4 Å². The summed E-state index contributed by atoms with van der Waals surface area (Å²) in [5.74, 6) is 0.840. The Kier molecular flexibility index (Phi) is 5.41. The quantitative estimate of drug-likeness (QED) is 0.638. The van der Waals surface area contributed by atoms with Crippen LogP contribution in [0, 0.1) is 0 Å². The minimum absolute atomic E-state index is 0.0531. The molecular formula is C19H17ClN6O2S. The Labute approximate surface area is 177 Å². The number of nitrogens with zero attached hydrogens (tertiary/aromatic N) is 5. The van der Waals surface area contributed by atoms with Crippen LogP contribution in [0.25, 0.3) is 0 Å². The molecule has 8 nitrogen and oxygen atoms in total. The standard InChI is InChI=1S/C19H17ClN6O2S/c1-25-17-15(6-3-7-21-17)28-10-14(19(25)29)23-18(27)16-22-11-26(24-16)9-12-4-2-5-13(20)8-12/h2-8,11,14H,9-10H2,1H3,(H,23,27)/t14-/m0/s1. The lowest BCUT2D eigenvalue weighted by molar-refractivity contribution is 0.0927. The molecule has 3 aromatic rings. The van der Waals surface area contributed by atoms with Crippen molar-refractivity contribution in [3.8, 4) is 5.75 Å². The van der Waals surface area contributed by atoms with E-state index in [9.17, 15) is 4.79 Å². The number of amides is 1. The van der Waals surface area contributed by atoms with Crippen molar-refractivity contribution in [3.63, 3.8) is 0 Å². The van der Waals surface area contributed by atoms with Gasteiger partial charge in [-0.25, -0.2) is 14.6 Å². The molecule has 1 aliphatic heterocycles. The van der Waals surface area contributed by atoms with E-state index in [1.165, 1.54) is 6.33 Å². The first-order chi connectivity index (χ1) is 14.0. The molecule has 0 unspecified atom stereocenters. The van der Waals surface area contributed by atoms with Gasteiger partial charge in [-0.2, -0.15) is 0 Å². The second kappa shape index (κ2) is 8.14. The number of ether oxygens (including phenoxy) is 1. The van der Waals surface area contributed by atoms with Crippen molar-refractivity contribution in [3.05, 3.63) is 65.3 Å². The summed E-state index contributed by atoms with van der Waals surface area (Å²) in [6.07, 6.45) is 3.17. The van der Waals surface area contributed by atoms with Crippen molar-refractivity contribution in [2.75, 3.05) is 18.6 Å². The lowest BCUT2D eigenvalue weighted by Gasteiger charge is -2.22. The number of halogens is 1. The molecule has 0 saturated heterocycles. The molecule has 29 heavy (non-hydrogen) atoms. The molecule has 0 radical (unpaired) electrons. The molecule has 1 N–H and O–H groups in total. The number of carbonyl (C=O) groups is 1. The molecule has 0 bridgehead atoms. The summed E-state index contributed by atoms with van der Waals surface area (Å²) < 4.78 is 7.35. The Balaban J connectivity index is 1.44. The molecule has 148 valence electrons. The molecule has 0 aliphatic carbocycles. The summed E-state index contributed by atoms with van der Waals surface area (Å²) >= 11 is 11.5. The van der Waals surface area contributed by atoms with Crippen LogP contribution >= 0.6 is 23.8 Å². The molecule has 2 aromatic heterocycles. The Hall–Kier alpha value is -3.04. The van der Waals surface area contributed by atoms with Gasteiger partial charge in [0, 0.05) is 18.3 Å². The van der Waals surface area contributed by atoms with E-state index < -0.39 is 11.9 Å². The zero-order valence-corrected chi connectivity index (χ0v) is 17.0. The zero-order chi connectivity index (χ0) is 20.4. The lowest BCUT2D eigenvalue weighted by atomic mass is 10.2. The average Bonchev–Trinajstić information content (AvgIpc) is 3.14. The third kappa shape index (κ3) is 4.20. The number of pyridine rings is 1. The maximum absolute atomic E-state index is 12.7. The third-order valence-electron chi connectivity index (χ3n) is 4.38. The molecule has 1 amide bonds. The van der Waals surface area contributed by atoms with Gasteiger partial charge >= 0.3 is 0 Å². The summed E-state index contributed by atoms with van der Waals surface area (Å²) in [6, 6.07) is 10.5. The fraction of sp³-hybridized carbons (Fsp3) is 0.211. The van der Waals surface area contributed by atoms with Gasteiger partial charge in [0.1, 0.15) is 24.0 Å². The fourth-order valence-corrected chi connectivity index (χ4v) is 3.38. The molecule has 1 aliphatic rings. The van der Waals surface area contributed by atoms with Gasteiger partial charge in [-0.1, -0.05) is 36.0 Å². The van der Waals surface area contributed by atoms with Crippen molar-refractivity contribution in [2.45, 2.75) is 12.6 Å². The number of hydrogen-bond donors (Lipinski definition) is 1. The van der Waals surface area contributed by atoms with E-state index in [1.54, 1.807) is 35.0 Å². The fourth-order valence-electron chi connectivity index (χ4n) is 2.95. The Morgan fingerprint density at radius 3 is 3.03 bits per heavy atom. The first kappa shape index (κ1) is 19.3. The minimum atomic E-state index is -0.517. The topological polar surface area (TPSA) is 85.2 Å². The minimum Gasteiger partial charge on any atom is -0.487 e. The second-order valence-electron chi connectivity index (χ2n) is 6.46. The van der Waals surface area contributed by atoms with Crippen LogP contribution in [-0.2, 0) is 6.54 Å². The monoisotopic (exact) mass is 428 g/mol. The van der Waals surface area contributed by atoms with E-state index >= 15 is 0 Å². The first-order valence-corrected chi connectivity index (χ1v) is 9.60. The highest BCUT2D eigenvalue weighted by molar-refractivity contribution is 7.80. The lowest BCUT2D eigenvalue weighted by Crippen LogP contribution is -2.48. The van der Waals surface area contributed by atoms with Crippen molar-refractivity contribution in [2.24, 2.45) is 0 Å². The van der Waals surface area contributed by atoms with Gasteiger partial charge < -0.3 is 15.0 Å². The van der Waals surface area contributed by atoms with E-state index in [4.69, 9.17) is 28.6 Å². The van der Waals surface area contributed by atoms with Crippen molar-refractivity contribution in [1.82, 2.24) is 25.1 Å². The molecule has 3 heterocycles. The molecule has 0 fully saturated rings. The van der Waals surface area contributed by atoms with Crippen LogP contribution in [0.2, 0.25) is 5.02 Å². The Morgan fingerprint density at radius 2 is 2.21 bits per heavy atom. The van der Waals surface area contributed by atoms with Gasteiger partial charge in [0.15, 0.2) is 11.6 Å². The highest BCUT2D eigenvalue weighted by Gasteiger charge is 2.29. The number of fused-ring (bicyclic) bond motifs is 1. The van der Waals surface area contributed by atoms with Gasteiger partial charge in [-0.3, -0.25) is 4.79 Å². The first-order valence-electron chi connectivity index (χ1n) is 8.81. The van der Waals surface area contributed by atoms with Crippen LogP contribution < -0.4 is 15.0 Å². The molecule has 0 spiro atoms. The number of aromatic nitrogens is 4. The molecule has 0 saturated carbocycles. The van der Waals surface area contributed by atoms with E-state index in [2.05, 4.69) is 20.4 Å². The number of benzene rings is 1. The highest BCUT2D eigenvalue weighted by atomic mass is 35.5. The van der Waals surface area contributed by atoms with Crippen LogP contribution in [0.1, 0.15) is 16.2 Å². The number of likely N-dealkylation sites (N-methyl/N-ethyl adjacent to an activating group) is 1. The van der Waals surface area contributed by atoms with Crippen molar-refractivity contribution < 1.29 is 9.53 Å². The van der Waals surface area contributed by atoms with Crippen molar-refractivity contribution >= 4 is 40.5 Å². The maximum Gasteiger partial charge on any atom is 0.291 e. The predicted octanol–water partition coefficient (Wildman–Crippen LogP) is 2.33. The molecule has 10 heteroatoms. The van der Waals surface area contributed by atoms with Crippen LogP contribution in [-0.4, -0.2) is 50.3 Å². The molecular weight excluding hydrogens is 412 g/mol. The number of nitrogens with one attached hydrogen (secondary N) is 1. The average molecular weight is 429 g/mol. The molecule has 1 aromatic carbocycles.